The molecule has 1 nitrogen and oxygen atoms in total. The van der Waals surface area contributed by atoms with Crippen LogP contribution in [0.25, 0.3) is 0 Å². The molecule has 2 aliphatic rings. The second-order valence-corrected chi connectivity index (χ2v) is 5.58. The third-order valence-electron chi connectivity index (χ3n) is 4.66. The van der Waals surface area contributed by atoms with E-state index in [-0.39, 0.29) is 0 Å². The maximum Gasteiger partial charge on any atom is 0.133 e. The Labute approximate surface area is 93.6 Å². The van der Waals surface area contributed by atoms with Crippen LogP contribution >= 0.6 is 0 Å². The molecule has 1 heteroatoms. The molecule has 0 N–H and O–H groups in total. The van der Waals surface area contributed by atoms with E-state index in [9.17, 15) is 4.79 Å². The first kappa shape index (κ1) is 11.2. The minimum Gasteiger partial charge on any atom is -0.300 e. The maximum absolute atomic E-state index is 11.4. The van der Waals surface area contributed by atoms with Crippen LogP contribution in [0.15, 0.2) is 0 Å². The van der Waals surface area contributed by atoms with Crippen LogP contribution in [0.2, 0.25) is 0 Å². The highest BCUT2D eigenvalue weighted by Crippen LogP contribution is 2.39. The van der Waals surface area contributed by atoms with Crippen LogP contribution in [0, 0.1) is 17.8 Å². The molecule has 0 aliphatic heterocycles. The molecule has 2 rings (SSSR count). The fourth-order valence-corrected chi connectivity index (χ4v) is 3.53. The Morgan fingerprint density at radius 1 is 1.07 bits per heavy atom. The van der Waals surface area contributed by atoms with E-state index in [4.69, 9.17) is 0 Å². The quantitative estimate of drug-likeness (QED) is 0.671. The van der Waals surface area contributed by atoms with Crippen LogP contribution in [0.3, 0.4) is 0 Å². The van der Waals surface area contributed by atoms with Gasteiger partial charge in [0, 0.05) is 12.8 Å². The highest BCUT2D eigenvalue weighted by atomic mass is 16.1. The summed E-state index contributed by atoms with van der Waals surface area (Å²) in [4.78, 5) is 11.4. The molecule has 0 aromatic rings. The zero-order valence-corrected chi connectivity index (χ0v) is 10.0. The summed E-state index contributed by atoms with van der Waals surface area (Å²) in [7, 11) is 0. The molecule has 1 unspecified atom stereocenters. The number of hydrogen-bond donors (Lipinski definition) is 0. The van der Waals surface area contributed by atoms with Crippen LogP contribution in [-0.2, 0) is 4.79 Å². The summed E-state index contributed by atoms with van der Waals surface area (Å²) in [6, 6.07) is 0. The minimum absolute atomic E-state index is 0.531. The molecule has 0 aromatic carbocycles. The van der Waals surface area contributed by atoms with E-state index in [1.165, 1.54) is 38.5 Å². The lowest BCUT2D eigenvalue weighted by Gasteiger charge is -2.35. The Balaban J connectivity index is 1.81. The summed E-state index contributed by atoms with van der Waals surface area (Å²) < 4.78 is 0. The van der Waals surface area contributed by atoms with Gasteiger partial charge in [0.15, 0.2) is 0 Å². The summed E-state index contributed by atoms with van der Waals surface area (Å²) in [5, 5.41) is 0. The summed E-state index contributed by atoms with van der Waals surface area (Å²) in [6.07, 6.45) is 11.3. The molecular weight excluding hydrogens is 184 g/mol. The van der Waals surface area contributed by atoms with Gasteiger partial charge in [-0.05, 0) is 43.4 Å². The lowest BCUT2D eigenvalue weighted by Crippen LogP contribution is -2.26. The fraction of sp³-hybridized carbons (Fsp3) is 0.929. The van der Waals surface area contributed by atoms with E-state index < -0.39 is 0 Å². The SMILES string of the molecule is CCC1CCC(C2CCCC(=O)C2)CC1. The number of ketones is 1. The predicted octanol–water partition coefficient (Wildman–Crippen LogP) is 3.96. The van der Waals surface area contributed by atoms with Crippen molar-refractivity contribution in [3.05, 3.63) is 0 Å². The molecule has 2 aliphatic carbocycles. The topological polar surface area (TPSA) is 17.1 Å². The second-order valence-electron chi connectivity index (χ2n) is 5.58. The van der Waals surface area contributed by atoms with E-state index >= 15 is 0 Å². The molecule has 1 atom stereocenters. The van der Waals surface area contributed by atoms with Crippen molar-refractivity contribution in [2.24, 2.45) is 17.8 Å². The van der Waals surface area contributed by atoms with Gasteiger partial charge in [0.1, 0.15) is 5.78 Å². The Hall–Kier alpha value is -0.330. The predicted molar refractivity (Wildman–Crippen MR) is 62.7 cm³/mol. The Bertz CT molecular complexity index is 213. The molecular formula is C14H24O. The third kappa shape index (κ3) is 2.83. The van der Waals surface area contributed by atoms with Gasteiger partial charge in [-0.25, -0.2) is 0 Å². The summed E-state index contributed by atoms with van der Waals surface area (Å²) in [6.45, 7) is 2.31. The van der Waals surface area contributed by atoms with Crippen LogP contribution in [-0.4, -0.2) is 5.78 Å². The van der Waals surface area contributed by atoms with Gasteiger partial charge in [-0.15, -0.1) is 0 Å². The van der Waals surface area contributed by atoms with Crippen LogP contribution in [0.5, 0.6) is 0 Å². The van der Waals surface area contributed by atoms with E-state index in [0.29, 0.717) is 5.78 Å². The smallest absolute Gasteiger partial charge is 0.133 e. The van der Waals surface area contributed by atoms with Crippen molar-refractivity contribution < 1.29 is 4.79 Å². The highest BCUT2D eigenvalue weighted by Gasteiger charge is 2.30. The second kappa shape index (κ2) is 5.14. The van der Waals surface area contributed by atoms with Crippen molar-refractivity contribution in [1.29, 1.82) is 0 Å². The Morgan fingerprint density at radius 3 is 2.40 bits per heavy atom. The largest absolute Gasteiger partial charge is 0.300 e. The fourth-order valence-electron chi connectivity index (χ4n) is 3.53. The van der Waals surface area contributed by atoms with Gasteiger partial charge in [0.2, 0.25) is 0 Å². The molecule has 0 radical (unpaired) electrons. The first-order valence-corrected chi connectivity index (χ1v) is 6.81. The molecule has 2 fully saturated rings. The van der Waals surface area contributed by atoms with Crippen molar-refractivity contribution in [2.75, 3.05) is 0 Å². The van der Waals surface area contributed by atoms with Crippen LogP contribution in [0.4, 0.5) is 0 Å². The normalized spacial score (nSPS) is 37.9. The van der Waals surface area contributed by atoms with Gasteiger partial charge in [-0.1, -0.05) is 26.2 Å². The molecule has 0 spiro atoms. The van der Waals surface area contributed by atoms with E-state index in [0.717, 1.165) is 37.0 Å². The molecule has 86 valence electrons. The van der Waals surface area contributed by atoms with Crippen molar-refractivity contribution in [3.8, 4) is 0 Å². The first-order valence-electron chi connectivity index (χ1n) is 6.81. The zero-order chi connectivity index (χ0) is 10.7. The Kier molecular flexibility index (Phi) is 3.82. The van der Waals surface area contributed by atoms with Gasteiger partial charge in [-0.2, -0.15) is 0 Å². The average molecular weight is 208 g/mol. The van der Waals surface area contributed by atoms with Crippen molar-refractivity contribution in [3.63, 3.8) is 0 Å². The Morgan fingerprint density at radius 2 is 1.80 bits per heavy atom. The van der Waals surface area contributed by atoms with Gasteiger partial charge in [0.05, 0.1) is 0 Å². The molecule has 0 bridgehead atoms. The molecule has 2 saturated carbocycles. The lowest BCUT2D eigenvalue weighted by atomic mass is 9.70. The molecule has 15 heavy (non-hydrogen) atoms. The molecule has 0 heterocycles. The average Bonchev–Trinajstić information content (AvgIpc) is 2.29. The number of rotatable bonds is 2. The van der Waals surface area contributed by atoms with Crippen LogP contribution in [0.1, 0.15) is 64.7 Å². The number of Topliss-reactive ketones (excluding diaryl/α,β-unsaturated/α-hetero) is 1. The number of carbonyl (C=O) groups is 1. The number of carbonyl (C=O) groups excluding carboxylic acids is 1. The summed E-state index contributed by atoms with van der Waals surface area (Å²) >= 11 is 0. The van der Waals surface area contributed by atoms with E-state index in [1.54, 1.807) is 0 Å². The van der Waals surface area contributed by atoms with Gasteiger partial charge < -0.3 is 0 Å². The first-order chi connectivity index (χ1) is 7.29. The van der Waals surface area contributed by atoms with Crippen molar-refractivity contribution in [1.82, 2.24) is 0 Å². The van der Waals surface area contributed by atoms with E-state index in [1.807, 2.05) is 0 Å². The van der Waals surface area contributed by atoms with Gasteiger partial charge >= 0.3 is 0 Å². The minimum atomic E-state index is 0.531. The van der Waals surface area contributed by atoms with E-state index in [2.05, 4.69) is 6.92 Å². The van der Waals surface area contributed by atoms with Gasteiger partial charge in [-0.3, -0.25) is 4.79 Å². The van der Waals surface area contributed by atoms with Crippen molar-refractivity contribution >= 4 is 5.78 Å². The molecule has 0 amide bonds. The summed E-state index contributed by atoms with van der Waals surface area (Å²) in [5.41, 5.74) is 0. The van der Waals surface area contributed by atoms with Crippen molar-refractivity contribution in [2.45, 2.75) is 64.7 Å². The standard InChI is InChI=1S/C14H24O/c1-2-11-6-8-12(9-7-11)13-4-3-5-14(15)10-13/h11-13H,2-10H2,1H3. The van der Waals surface area contributed by atoms with Crippen LogP contribution < -0.4 is 0 Å². The highest BCUT2D eigenvalue weighted by molar-refractivity contribution is 5.79. The lowest BCUT2D eigenvalue weighted by molar-refractivity contribution is -0.122. The molecule has 0 saturated heterocycles. The van der Waals surface area contributed by atoms with Gasteiger partial charge in [0.25, 0.3) is 0 Å². The third-order valence-corrected chi connectivity index (χ3v) is 4.66. The monoisotopic (exact) mass is 208 g/mol. The number of hydrogen-bond acceptors (Lipinski definition) is 1. The summed E-state index contributed by atoms with van der Waals surface area (Å²) in [5.74, 6) is 3.16. The molecule has 0 aromatic heterocycles. The maximum atomic E-state index is 11.4. The zero-order valence-electron chi connectivity index (χ0n) is 10.0.